The molecule has 0 aromatic rings. The Morgan fingerprint density at radius 3 is 2.85 bits per heavy atom. The molecule has 0 bridgehead atoms. The average molecular weight is 182 g/mol. The third-order valence-electron chi connectivity index (χ3n) is 2.52. The molecule has 2 N–H and O–H groups in total. The number of nitrogens with two attached hydrogens (primary N) is 1. The summed E-state index contributed by atoms with van der Waals surface area (Å²) in [5.41, 5.74) is 6.61. The minimum atomic E-state index is 0.137. The monoisotopic (exact) mass is 182 g/mol. The smallest absolute Gasteiger partial charge is 0.249 e. The Labute approximate surface area is 79.6 Å². The lowest BCUT2D eigenvalue weighted by atomic mass is 10.1. The summed E-state index contributed by atoms with van der Waals surface area (Å²) in [5.74, 6) is 0.137. The SMILES string of the molecule is C/C=C(/C)C(=O)N1CCCC(N)C1. The molecule has 3 nitrogen and oxygen atoms in total. The van der Waals surface area contributed by atoms with Crippen molar-refractivity contribution in [3.63, 3.8) is 0 Å². The van der Waals surface area contributed by atoms with Crippen LogP contribution >= 0.6 is 0 Å². The van der Waals surface area contributed by atoms with Crippen LogP contribution < -0.4 is 5.73 Å². The fraction of sp³-hybridized carbons (Fsp3) is 0.700. The zero-order chi connectivity index (χ0) is 9.84. The van der Waals surface area contributed by atoms with E-state index < -0.39 is 0 Å². The van der Waals surface area contributed by atoms with E-state index in [0.29, 0.717) is 6.54 Å². The van der Waals surface area contributed by atoms with Crippen molar-refractivity contribution in [3.8, 4) is 0 Å². The number of amides is 1. The summed E-state index contributed by atoms with van der Waals surface area (Å²) in [5, 5.41) is 0. The minimum absolute atomic E-state index is 0.137. The van der Waals surface area contributed by atoms with Gasteiger partial charge in [0, 0.05) is 24.7 Å². The summed E-state index contributed by atoms with van der Waals surface area (Å²) >= 11 is 0. The molecule has 13 heavy (non-hydrogen) atoms. The number of allylic oxidation sites excluding steroid dienone is 1. The van der Waals surface area contributed by atoms with E-state index in [1.807, 2.05) is 24.8 Å². The quantitative estimate of drug-likeness (QED) is 0.612. The van der Waals surface area contributed by atoms with E-state index >= 15 is 0 Å². The minimum Gasteiger partial charge on any atom is -0.337 e. The van der Waals surface area contributed by atoms with E-state index in [2.05, 4.69) is 0 Å². The number of piperidine rings is 1. The maximum atomic E-state index is 11.7. The first-order valence-corrected chi connectivity index (χ1v) is 4.83. The standard InChI is InChI=1S/C10H18N2O/c1-3-8(2)10(13)12-6-4-5-9(11)7-12/h3,9H,4-7,11H2,1-2H3/b8-3-. The van der Waals surface area contributed by atoms with Gasteiger partial charge < -0.3 is 10.6 Å². The van der Waals surface area contributed by atoms with Crippen LogP contribution in [0.15, 0.2) is 11.6 Å². The fourth-order valence-corrected chi connectivity index (χ4v) is 1.57. The van der Waals surface area contributed by atoms with Gasteiger partial charge in [-0.2, -0.15) is 0 Å². The van der Waals surface area contributed by atoms with Gasteiger partial charge in [0.2, 0.25) is 5.91 Å². The van der Waals surface area contributed by atoms with Gasteiger partial charge in [0.25, 0.3) is 0 Å². The summed E-state index contributed by atoms with van der Waals surface area (Å²) in [7, 11) is 0. The lowest BCUT2D eigenvalue weighted by Gasteiger charge is -2.30. The molecule has 1 atom stereocenters. The van der Waals surface area contributed by atoms with E-state index in [1.54, 1.807) is 0 Å². The van der Waals surface area contributed by atoms with Crippen LogP contribution in [0.25, 0.3) is 0 Å². The molecule has 1 aliphatic heterocycles. The highest BCUT2D eigenvalue weighted by molar-refractivity contribution is 5.92. The molecule has 3 heteroatoms. The molecular formula is C10H18N2O. The van der Waals surface area contributed by atoms with Crippen LogP contribution in [0.1, 0.15) is 26.7 Å². The highest BCUT2D eigenvalue weighted by atomic mass is 16.2. The van der Waals surface area contributed by atoms with Gasteiger partial charge in [0.15, 0.2) is 0 Å². The zero-order valence-electron chi connectivity index (χ0n) is 8.42. The van der Waals surface area contributed by atoms with Crippen molar-refractivity contribution in [2.24, 2.45) is 5.73 Å². The van der Waals surface area contributed by atoms with Crippen LogP contribution in [-0.2, 0) is 4.79 Å². The third kappa shape index (κ3) is 2.56. The molecule has 1 unspecified atom stereocenters. The van der Waals surface area contributed by atoms with Gasteiger partial charge in [-0.1, -0.05) is 6.08 Å². The Balaban J connectivity index is 2.56. The van der Waals surface area contributed by atoms with Gasteiger partial charge in [0.05, 0.1) is 0 Å². The highest BCUT2D eigenvalue weighted by Crippen LogP contribution is 2.11. The van der Waals surface area contributed by atoms with Crippen molar-refractivity contribution in [2.45, 2.75) is 32.7 Å². The number of hydrogen-bond donors (Lipinski definition) is 1. The van der Waals surface area contributed by atoms with Crippen molar-refractivity contribution in [1.29, 1.82) is 0 Å². The van der Waals surface area contributed by atoms with Gasteiger partial charge in [-0.15, -0.1) is 0 Å². The first-order valence-electron chi connectivity index (χ1n) is 4.83. The van der Waals surface area contributed by atoms with Crippen LogP contribution in [0.2, 0.25) is 0 Å². The molecule has 1 aliphatic rings. The normalized spacial score (nSPS) is 24.7. The lowest BCUT2D eigenvalue weighted by Crippen LogP contribution is -2.45. The summed E-state index contributed by atoms with van der Waals surface area (Å²) in [6.45, 7) is 5.31. The van der Waals surface area contributed by atoms with Crippen LogP contribution in [0, 0.1) is 0 Å². The largest absolute Gasteiger partial charge is 0.337 e. The number of rotatable bonds is 1. The molecule has 1 saturated heterocycles. The van der Waals surface area contributed by atoms with Crippen LogP contribution in [-0.4, -0.2) is 29.9 Å². The summed E-state index contributed by atoms with van der Waals surface area (Å²) in [6.07, 6.45) is 3.92. The van der Waals surface area contributed by atoms with Crippen molar-refractivity contribution in [2.75, 3.05) is 13.1 Å². The van der Waals surface area contributed by atoms with Crippen molar-refractivity contribution in [3.05, 3.63) is 11.6 Å². The lowest BCUT2D eigenvalue weighted by molar-refractivity contribution is -0.128. The number of carbonyl (C=O) groups excluding carboxylic acids is 1. The van der Waals surface area contributed by atoms with E-state index in [0.717, 1.165) is 25.0 Å². The molecule has 1 fully saturated rings. The van der Waals surface area contributed by atoms with Crippen molar-refractivity contribution < 1.29 is 4.79 Å². The van der Waals surface area contributed by atoms with Gasteiger partial charge >= 0.3 is 0 Å². The fourth-order valence-electron chi connectivity index (χ4n) is 1.57. The Hall–Kier alpha value is -0.830. The van der Waals surface area contributed by atoms with Gasteiger partial charge in [-0.25, -0.2) is 0 Å². The van der Waals surface area contributed by atoms with Crippen molar-refractivity contribution in [1.82, 2.24) is 4.90 Å². The molecular weight excluding hydrogens is 164 g/mol. The zero-order valence-corrected chi connectivity index (χ0v) is 8.42. The summed E-state index contributed by atoms with van der Waals surface area (Å²) in [6, 6.07) is 0.169. The maximum Gasteiger partial charge on any atom is 0.249 e. The predicted molar refractivity (Wildman–Crippen MR) is 53.2 cm³/mol. The molecule has 0 aromatic carbocycles. The second-order valence-corrected chi connectivity index (χ2v) is 3.63. The summed E-state index contributed by atoms with van der Waals surface area (Å²) < 4.78 is 0. The highest BCUT2D eigenvalue weighted by Gasteiger charge is 2.21. The van der Waals surface area contributed by atoms with Crippen LogP contribution in [0.4, 0.5) is 0 Å². The molecule has 0 radical (unpaired) electrons. The van der Waals surface area contributed by atoms with E-state index in [9.17, 15) is 4.79 Å². The second kappa shape index (κ2) is 4.42. The first-order chi connectivity index (χ1) is 6.15. The molecule has 0 saturated carbocycles. The molecule has 0 aromatic heterocycles. The van der Waals surface area contributed by atoms with E-state index in [4.69, 9.17) is 5.73 Å². The number of likely N-dealkylation sites (tertiary alicyclic amines) is 1. The van der Waals surface area contributed by atoms with Gasteiger partial charge in [0.1, 0.15) is 0 Å². The Kier molecular flexibility index (Phi) is 3.48. The number of nitrogens with zero attached hydrogens (tertiary/aromatic N) is 1. The Morgan fingerprint density at radius 1 is 1.62 bits per heavy atom. The van der Waals surface area contributed by atoms with Crippen LogP contribution in [0.3, 0.4) is 0 Å². The van der Waals surface area contributed by atoms with Crippen LogP contribution in [0.5, 0.6) is 0 Å². The van der Waals surface area contributed by atoms with Crippen molar-refractivity contribution >= 4 is 5.91 Å². The second-order valence-electron chi connectivity index (χ2n) is 3.63. The molecule has 1 heterocycles. The first kappa shape index (κ1) is 10.3. The van der Waals surface area contributed by atoms with Gasteiger partial charge in [-0.3, -0.25) is 4.79 Å². The Morgan fingerprint density at radius 2 is 2.31 bits per heavy atom. The number of hydrogen-bond acceptors (Lipinski definition) is 2. The van der Waals surface area contributed by atoms with E-state index in [-0.39, 0.29) is 11.9 Å². The van der Waals surface area contributed by atoms with E-state index in [1.165, 1.54) is 0 Å². The number of carbonyl (C=O) groups is 1. The third-order valence-corrected chi connectivity index (χ3v) is 2.52. The summed E-state index contributed by atoms with van der Waals surface area (Å²) in [4.78, 5) is 13.5. The topological polar surface area (TPSA) is 46.3 Å². The molecule has 1 amide bonds. The maximum absolute atomic E-state index is 11.7. The average Bonchev–Trinajstić information content (AvgIpc) is 2.15. The Bertz CT molecular complexity index is 223. The molecule has 0 aliphatic carbocycles. The molecule has 74 valence electrons. The molecule has 0 spiro atoms. The predicted octanol–water partition coefficient (Wildman–Crippen LogP) is 0.902. The van der Waals surface area contributed by atoms with Gasteiger partial charge in [-0.05, 0) is 26.7 Å². The molecule has 1 rings (SSSR count).